The number of hydrogen-bond acceptors (Lipinski definition) is 14. The van der Waals surface area contributed by atoms with E-state index in [0.29, 0.717) is 43.3 Å². The van der Waals surface area contributed by atoms with Gasteiger partial charge in [0.05, 0.1) is 83.1 Å². The molecule has 0 aromatic heterocycles. The third-order valence-electron chi connectivity index (χ3n) is 19.9. The summed E-state index contributed by atoms with van der Waals surface area (Å²) in [5.41, 5.74) is 6.77. The second kappa shape index (κ2) is 33.3. The molecule has 17 aromatic rings. The highest BCUT2D eigenvalue weighted by Gasteiger charge is 2.28. The number of fused-ring (bicyclic) bond motifs is 1. The highest BCUT2D eigenvalue weighted by molar-refractivity contribution is 9.10. The van der Waals surface area contributed by atoms with Crippen LogP contribution in [0.1, 0.15) is 104 Å². The number of rotatable bonds is 16. The molecule has 0 spiro atoms. The van der Waals surface area contributed by atoms with Crippen molar-refractivity contribution in [1.29, 1.82) is 0 Å². The average molecular weight is 1590 g/mol. The predicted molar refractivity (Wildman–Crippen MR) is 454 cm³/mol. The molecule has 0 bridgehead atoms. The fourth-order valence-electron chi connectivity index (χ4n) is 15.0. The molecular formula is C94H72BBrCl2O14. The van der Waals surface area contributed by atoms with Crippen LogP contribution in [0, 0.1) is 0 Å². The van der Waals surface area contributed by atoms with Crippen LogP contribution in [0.15, 0.2) is 247 Å². The molecule has 18 heteroatoms. The lowest BCUT2D eigenvalue weighted by molar-refractivity contribution is 0.0510. The Kier molecular flexibility index (Phi) is 22.8. The molecule has 0 unspecified atom stereocenters. The largest absolute Gasteiger partial charge is 0.489 e. The molecule has 556 valence electrons. The molecule has 112 heavy (non-hydrogen) atoms. The molecule has 0 amide bonds. The summed E-state index contributed by atoms with van der Waals surface area (Å²) in [7, 11) is -1.44. The summed E-state index contributed by atoms with van der Waals surface area (Å²) in [5.74, 6) is -2.92. The van der Waals surface area contributed by atoms with Crippen LogP contribution >= 0.6 is 39.1 Å². The predicted octanol–water partition coefficient (Wildman–Crippen LogP) is 22.4. The molecule has 0 saturated heterocycles. The van der Waals surface area contributed by atoms with Crippen molar-refractivity contribution < 1.29 is 67.2 Å². The standard InChI is InChI=1S/C38H28O4.C28H21ClO4.C16H11BO2.C12H12BrClO4/c1-3-41-37(39)33-22-32(29-19-17-26-16-15-24-11-7-12-25-18-20-30(29)36(26)35(24)25)34(38(40)42-4-2)21-31(33)28-14-8-10-23-9-5-6-13-27(23)28;1-3-32-27(30)22-15-24(29)23(28(31)33-4-2)14-21(22)19-12-10-18-9-8-16-6-5-7-17-11-13-20(19)26(18)25(16)17;18-17(19)14-9-7-12-5-4-10-2-1-3-11-6-8-13(14)16(12)15(10)11;1-3-17-11(15)7-6-10(14)8(5-9(7)13)12(16)18-4-2/h5-22H,3-4H2,1-2H3;5-15H,3-4H2,1-2H3;1-9,18-19H;5-6H,3-4H2,1-2H3. The zero-order chi connectivity index (χ0) is 78.6. The average Bonchev–Trinajstić information content (AvgIpc) is 0.739. The van der Waals surface area contributed by atoms with Crippen LogP contribution in [-0.4, -0.2) is 92.6 Å². The van der Waals surface area contributed by atoms with E-state index in [1.165, 1.54) is 45.1 Å². The first-order valence-electron chi connectivity index (χ1n) is 36.8. The van der Waals surface area contributed by atoms with E-state index in [0.717, 1.165) is 97.5 Å². The van der Waals surface area contributed by atoms with Crippen LogP contribution in [0.4, 0.5) is 0 Å². The highest BCUT2D eigenvalue weighted by Crippen LogP contribution is 2.45. The van der Waals surface area contributed by atoms with Gasteiger partial charge in [0.1, 0.15) is 0 Å². The van der Waals surface area contributed by atoms with E-state index < -0.39 is 42.9 Å². The Morgan fingerprint density at radius 1 is 0.277 bits per heavy atom. The Bertz CT molecular complexity index is 6440. The molecule has 0 radical (unpaired) electrons. The number of carbonyl (C=O) groups excluding carboxylic acids is 6. The molecule has 0 fully saturated rings. The topological polar surface area (TPSA) is 198 Å². The molecule has 17 aromatic carbocycles. The Balaban J connectivity index is 0.000000132. The molecule has 0 heterocycles. The molecule has 0 aliphatic heterocycles. The van der Waals surface area contributed by atoms with E-state index in [9.17, 15) is 38.8 Å². The van der Waals surface area contributed by atoms with Gasteiger partial charge >= 0.3 is 42.9 Å². The van der Waals surface area contributed by atoms with Gasteiger partial charge in [-0.3, -0.25) is 0 Å². The maximum Gasteiger partial charge on any atom is 0.489 e. The van der Waals surface area contributed by atoms with Crippen molar-refractivity contribution in [1.82, 2.24) is 0 Å². The number of benzene rings is 17. The summed E-state index contributed by atoms with van der Waals surface area (Å²) in [6.45, 7) is 11.9. The van der Waals surface area contributed by atoms with Gasteiger partial charge in [-0.2, -0.15) is 0 Å². The maximum atomic E-state index is 13.6. The number of esters is 6. The second-order valence-electron chi connectivity index (χ2n) is 26.3. The number of ether oxygens (including phenoxy) is 6. The lowest BCUT2D eigenvalue weighted by atomic mass is 9.75. The van der Waals surface area contributed by atoms with Crippen molar-refractivity contribution in [2.24, 2.45) is 0 Å². The van der Waals surface area contributed by atoms with Crippen LogP contribution < -0.4 is 5.46 Å². The van der Waals surface area contributed by atoms with Gasteiger partial charge in [0, 0.05) is 4.47 Å². The Hall–Kier alpha value is -12.0. The second-order valence-corrected chi connectivity index (χ2v) is 28.0. The number of carbonyl (C=O) groups is 6. The van der Waals surface area contributed by atoms with Crippen LogP contribution in [-0.2, 0) is 28.4 Å². The third kappa shape index (κ3) is 14.7. The zero-order valence-corrected chi connectivity index (χ0v) is 64.9. The van der Waals surface area contributed by atoms with E-state index in [-0.39, 0.29) is 66.4 Å². The smallest absolute Gasteiger partial charge is 0.462 e. The molecule has 0 atom stereocenters. The third-order valence-corrected chi connectivity index (χ3v) is 21.1. The van der Waals surface area contributed by atoms with Crippen molar-refractivity contribution >= 4 is 195 Å². The summed E-state index contributed by atoms with van der Waals surface area (Å²) >= 11 is 15.5. The maximum absolute atomic E-state index is 13.6. The Morgan fingerprint density at radius 3 is 0.964 bits per heavy atom. The summed E-state index contributed by atoms with van der Waals surface area (Å²) in [6.07, 6.45) is 0. The lowest BCUT2D eigenvalue weighted by Gasteiger charge is -2.19. The number of halogens is 3. The van der Waals surface area contributed by atoms with Gasteiger partial charge < -0.3 is 38.5 Å². The zero-order valence-electron chi connectivity index (χ0n) is 61.8. The highest BCUT2D eigenvalue weighted by atomic mass is 79.9. The quantitative estimate of drug-likeness (QED) is 0.0401. The summed E-state index contributed by atoms with van der Waals surface area (Å²) in [4.78, 5) is 75.8. The Labute approximate surface area is 663 Å². The lowest BCUT2D eigenvalue weighted by Crippen LogP contribution is -2.30. The molecular weight excluding hydrogens is 1510 g/mol. The van der Waals surface area contributed by atoms with Gasteiger partial charge in [-0.25, -0.2) is 28.8 Å². The molecule has 0 aliphatic carbocycles. The minimum Gasteiger partial charge on any atom is -0.462 e. The Morgan fingerprint density at radius 2 is 0.554 bits per heavy atom. The van der Waals surface area contributed by atoms with E-state index >= 15 is 0 Å². The molecule has 14 nitrogen and oxygen atoms in total. The van der Waals surface area contributed by atoms with Gasteiger partial charge in [-0.1, -0.05) is 229 Å². The van der Waals surface area contributed by atoms with Crippen molar-refractivity contribution in [3.8, 4) is 33.4 Å². The summed E-state index contributed by atoms with van der Waals surface area (Å²) in [5, 5.41) is 41.5. The molecule has 0 saturated carbocycles. The van der Waals surface area contributed by atoms with Gasteiger partial charge in [0.2, 0.25) is 0 Å². The van der Waals surface area contributed by atoms with Gasteiger partial charge in [0.15, 0.2) is 0 Å². The van der Waals surface area contributed by atoms with E-state index in [1.807, 2.05) is 97.1 Å². The van der Waals surface area contributed by atoms with Crippen LogP contribution in [0.3, 0.4) is 0 Å². The first kappa shape index (κ1) is 76.7. The van der Waals surface area contributed by atoms with Crippen molar-refractivity contribution in [3.63, 3.8) is 0 Å². The van der Waals surface area contributed by atoms with Crippen LogP contribution in [0.2, 0.25) is 10.0 Å². The summed E-state index contributed by atoms with van der Waals surface area (Å²) < 4.78 is 31.8. The first-order valence-corrected chi connectivity index (χ1v) is 38.3. The normalized spacial score (nSPS) is 11.2. The molecule has 17 rings (SSSR count). The van der Waals surface area contributed by atoms with Crippen molar-refractivity contribution in [2.75, 3.05) is 39.6 Å². The van der Waals surface area contributed by atoms with E-state index in [2.05, 4.69) is 125 Å². The minimum atomic E-state index is -1.44. The fourth-order valence-corrected chi connectivity index (χ4v) is 16.0. The van der Waals surface area contributed by atoms with E-state index in [4.69, 9.17) is 51.6 Å². The van der Waals surface area contributed by atoms with Gasteiger partial charge in [0.25, 0.3) is 0 Å². The number of hydrogen-bond donors (Lipinski definition) is 2. The fraction of sp³-hybridized carbons (Fsp3) is 0.128. The molecule has 0 aliphatic rings. The van der Waals surface area contributed by atoms with Crippen LogP contribution in [0.25, 0.3) is 141 Å². The van der Waals surface area contributed by atoms with E-state index in [1.54, 1.807) is 59.7 Å². The van der Waals surface area contributed by atoms with Gasteiger partial charge in [-0.15, -0.1) is 0 Å². The van der Waals surface area contributed by atoms with Crippen molar-refractivity contribution in [3.05, 3.63) is 291 Å². The first-order chi connectivity index (χ1) is 54.4. The minimum absolute atomic E-state index is 0.151. The van der Waals surface area contributed by atoms with Crippen molar-refractivity contribution in [2.45, 2.75) is 41.5 Å². The summed E-state index contributed by atoms with van der Waals surface area (Å²) in [6, 6.07) is 79.3. The monoisotopic (exact) mass is 1580 g/mol. The van der Waals surface area contributed by atoms with Gasteiger partial charge in [-0.05, 0) is 240 Å². The SMILES string of the molecule is CCOC(=O)c1cc(-c2ccc3ccc4cccc5ccc2c3c45)c(C(=O)OCC)cc1-c1cccc2ccccc12.CCOC(=O)c1cc(-c2ccc3ccc4cccc5ccc2c3c45)c(C(=O)OCC)cc1Cl.CCOC(=O)c1cc(Br)c(C(=O)OCC)cc1Cl.OB(O)c1ccc2ccc3cccc4ccc1c2c34. The van der Waals surface area contributed by atoms with Crippen LogP contribution in [0.5, 0.6) is 0 Å². The molecule has 2 N–H and O–H groups in total.